The highest BCUT2D eigenvalue weighted by atomic mass is 32.2. The SMILES string of the molecule is Cc1ccc(F)c(S(=O)(=O)Nc2ccc(NC(=O)C3CC3)nc2)c1. The first-order valence-electron chi connectivity index (χ1n) is 7.41. The Morgan fingerprint density at radius 2 is 2.00 bits per heavy atom. The number of carbonyl (C=O) groups is 1. The Morgan fingerprint density at radius 3 is 2.62 bits per heavy atom. The van der Waals surface area contributed by atoms with Crippen molar-refractivity contribution in [2.45, 2.75) is 24.7 Å². The summed E-state index contributed by atoms with van der Waals surface area (Å²) in [6, 6.07) is 6.81. The van der Waals surface area contributed by atoms with Gasteiger partial charge < -0.3 is 5.32 Å². The van der Waals surface area contributed by atoms with Crippen molar-refractivity contribution < 1.29 is 17.6 Å². The summed E-state index contributed by atoms with van der Waals surface area (Å²) in [7, 11) is -4.06. The van der Waals surface area contributed by atoms with E-state index in [1.165, 1.54) is 30.5 Å². The van der Waals surface area contributed by atoms with Crippen LogP contribution in [0.4, 0.5) is 15.9 Å². The fourth-order valence-corrected chi connectivity index (χ4v) is 3.34. The third kappa shape index (κ3) is 3.70. The second-order valence-electron chi connectivity index (χ2n) is 5.74. The van der Waals surface area contributed by atoms with Gasteiger partial charge in [0.05, 0.1) is 11.9 Å². The summed E-state index contributed by atoms with van der Waals surface area (Å²) in [5.74, 6) is -0.516. The molecule has 3 rings (SSSR count). The minimum absolute atomic E-state index is 0.0503. The highest BCUT2D eigenvalue weighted by Crippen LogP contribution is 2.30. The van der Waals surface area contributed by atoms with Crippen molar-refractivity contribution in [2.75, 3.05) is 10.0 Å². The van der Waals surface area contributed by atoms with E-state index in [4.69, 9.17) is 0 Å². The predicted octanol–water partition coefficient (Wildman–Crippen LogP) is 2.68. The molecule has 8 heteroatoms. The molecule has 0 bridgehead atoms. The van der Waals surface area contributed by atoms with Gasteiger partial charge in [-0.3, -0.25) is 9.52 Å². The van der Waals surface area contributed by atoms with Crippen LogP contribution in [0.1, 0.15) is 18.4 Å². The molecule has 0 radical (unpaired) electrons. The molecule has 1 fully saturated rings. The molecular weight excluding hydrogens is 333 g/mol. The van der Waals surface area contributed by atoms with Crippen molar-refractivity contribution in [1.82, 2.24) is 4.98 Å². The van der Waals surface area contributed by atoms with Gasteiger partial charge in [0.2, 0.25) is 5.91 Å². The molecule has 1 aliphatic rings. The van der Waals surface area contributed by atoms with Crippen LogP contribution in [-0.4, -0.2) is 19.3 Å². The van der Waals surface area contributed by atoms with E-state index in [-0.39, 0.29) is 17.5 Å². The summed E-state index contributed by atoms with van der Waals surface area (Å²) in [4.78, 5) is 15.2. The summed E-state index contributed by atoms with van der Waals surface area (Å²) in [6.07, 6.45) is 3.03. The second-order valence-corrected chi connectivity index (χ2v) is 7.39. The van der Waals surface area contributed by atoms with Gasteiger partial charge in [-0.15, -0.1) is 0 Å². The maximum absolute atomic E-state index is 13.8. The Labute approximate surface area is 139 Å². The molecule has 126 valence electrons. The Balaban J connectivity index is 1.75. The molecule has 1 aromatic heterocycles. The smallest absolute Gasteiger partial charge is 0.264 e. The fraction of sp³-hybridized carbons (Fsp3) is 0.250. The summed E-state index contributed by atoms with van der Waals surface area (Å²) in [5.41, 5.74) is 0.813. The molecule has 1 aliphatic carbocycles. The fourth-order valence-electron chi connectivity index (χ4n) is 2.13. The quantitative estimate of drug-likeness (QED) is 0.869. The van der Waals surface area contributed by atoms with Crippen LogP contribution in [0, 0.1) is 18.7 Å². The molecule has 1 amide bonds. The first kappa shape index (κ1) is 16.4. The van der Waals surface area contributed by atoms with Crippen LogP contribution in [0.25, 0.3) is 0 Å². The molecule has 6 nitrogen and oxygen atoms in total. The number of anilines is 2. The predicted molar refractivity (Wildman–Crippen MR) is 87.5 cm³/mol. The number of rotatable bonds is 5. The van der Waals surface area contributed by atoms with Gasteiger partial charge >= 0.3 is 0 Å². The maximum atomic E-state index is 13.8. The minimum atomic E-state index is -4.06. The van der Waals surface area contributed by atoms with Crippen LogP contribution < -0.4 is 10.0 Å². The van der Waals surface area contributed by atoms with Gasteiger partial charge in [0.1, 0.15) is 16.5 Å². The Morgan fingerprint density at radius 1 is 1.25 bits per heavy atom. The number of hydrogen-bond acceptors (Lipinski definition) is 4. The van der Waals surface area contributed by atoms with Gasteiger partial charge in [-0.05, 0) is 49.6 Å². The maximum Gasteiger partial charge on any atom is 0.264 e. The number of nitrogens with zero attached hydrogens (tertiary/aromatic N) is 1. The number of benzene rings is 1. The van der Waals surface area contributed by atoms with Crippen LogP contribution in [0.5, 0.6) is 0 Å². The summed E-state index contributed by atoms with van der Waals surface area (Å²) >= 11 is 0. The molecular formula is C16H16FN3O3S. The van der Waals surface area contributed by atoms with E-state index in [2.05, 4.69) is 15.0 Å². The lowest BCUT2D eigenvalue weighted by atomic mass is 10.2. The number of sulfonamides is 1. The lowest BCUT2D eigenvalue weighted by Crippen LogP contribution is -2.16. The number of halogens is 1. The molecule has 24 heavy (non-hydrogen) atoms. The highest BCUT2D eigenvalue weighted by molar-refractivity contribution is 7.92. The molecule has 2 N–H and O–H groups in total. The van der Waals surface area contributed by atoms with Gasteiger partial charge in [-0.2, -0.15) is 0 Å². The summed E-state index contributed by atoms with van der Waals surface area (Å²) < 4.78 is 40.6. The topological polar surface area (TPSA) is 88.2 Å². The largest absolute Gasteiger partial charge is 0.310 e. The number of amides is 1. The van der Waals surface area contributed by atoms with Crippen molar-refractivity contribution in [3.8, 4) is 0 Å². The Bertz CT molecular complexity index is 878. The summed E-state index contributed by atoms with van der Waals surface area (Å²) in [5, 5.41) is 2.65. The first-order chi connectivity index (χ1) is 11.3. The van der Waals surface area contributed by atoms with Crippen LogP contribution in [0.2, 0.25) is 0 Å². The second kappa shape index (κ2) is 6.20. The average molecular weight is 349 g/mol. The average Bonchev–Trinajstić information content (AvgIpc) is 3.36. The third-order valence-electron chi connectivity index (χ3n) is 3.59. The van der Waals surface area contributed by atoms with E-state index in [1.807, 2.05) is 0 Å². The van der Waals surface area contributed by atoms with Crippen molar-refractivity contribution >= 4 is 27.4 Å². The normalized spacial score (nSPS) is 14.2. The van der Waals surface area contributed by atoms with Gasteiger partial charge in [-0.1, -0.05) is 6.07 Å². The molecule has 2 aromatic rings. The highest BCUT2D eigenvalue weighted by Gasteiger charge is 2.29. The van der Waals surface area contributed by atoms with Gasteiger partial charge in [0, 0.05) is 5.92 Å². The van der Waals surface area contributed by atoms with Crippen molar-refractivity contribution in [3.63, 3.8) is 0 Å². The Kier molecular flexibility index (Phi) is 4.23. The number of aryl methyl sites for hydroxylation is 1. The molecule has 0 unspecified atom stereocenters. The number of hydrogen-bond donors (Lipinski definition) is 2. The number of pyridine rings is 1. The molecule has 0 atom stereocenters. The molecule has 1 aromatic carbocycles. The molecule has 0 saturated heterocycles. The molecule has 0 aliphatic heterocycles. The van der Waals surface area contributed by atoms with Crippen molar-refractivity contribution in [2.24, 2.45) is 5.92 Å². The van der Waals surface area contributed by atoms with Gasteiger partial charge in [-0.25, -0.2) is 17.8 Å². The number of nitrogens with one attached hydrogen (secondary N) is 2. The van der Waals surface area contributed by atoms with E-state index in [1.54, 1.807) is 6.92 Å². The first-order valence-corrected chi connectivity index (χ1v) is 8.89. The van der Waals surface area contributed by atoms with E-state index in [0.717, 1.165) is 18.9 Å². The zero-order valence-electron chi connectivity index (χ0n) is 12.9. The van der Waals surface area contributed by atoms with Gasteiger partial charge in [0.15, 0.2) is 0 Å². The van der Waals surface area contributed by atoms with E-state index in [9.17, 15) is 17.6 Å². The van der Waals surface area contributed by atoms with Crippen molar-refractivity contribution in [3.05, 3.63) is 47.9 Å². The summed E-state index contributed by atoms with van der Waals surface area (Å²) in [6.45, 7) is 1.68. The van der Waals surface area contributed by atoms with Crippen LogP contribution in [0.3, 0.4) is 0 Å². The van der Waals surface area contributed by atoms with E-state index < -0.39 is 20.7 Å². The standard InChI is InChI=1S/C16H16FN3O3S/c1-10-2-6-13(17)14(8-10)24(22,23)20-12-5-7-15(18-9-12)19-16(21)11-3-4-11/h2,5-9,11,20H,3-4H2,1H3,(H,18,19,21). The molecule has 1 saturated carbocycles. The third-order valence-corrected chi connectivity index (χ3v) is 4.99. The zero-order valence-corrected chi connectivity index (χ0v) is 13.7. The number of aromatic nitrogens is 1. The Hall–Kier alpha value is -2.48. The van der Waals surface area contributed by atoms with Crippen LogP contribution >= 0.6 is 0 Å². The van der Waals surface area contributed by atoms with Crippen molar-refractivity contribution in [1.29, 1.82) is 0 Å². The molecule has 0 spiro atoms. The lowest BCUT2D eigenvalue weighted by Gasteiger charge is -2.10. The lowest BCUT2D eigenvalue weighted by molar-refractivity contribution is -0.117. The monoisotopic (exact) mass is 349 g/mol. The van der Waals surface area contributed by atoms with Crippen LogP contribution in [0.15, 0.2) is 41.4 Å². The van der Waals surface area contributed by atoms with E-state index in [0.29, 0.717) is 11.4 Å². The van der Waals surface area contributed by atoms with Gasteiger partial charge in [0.25, 0.3) is 10.0 Å². The minimum Gasteiger partial charge on any atom is -0.310 e. The van der Waals surface area contributed by atoms with Crippen LogP contribution in [-0.2, 0) is 14.8 Å². The zero-order chi connectivity index (χ0) is 17.3. The number of carbonyl (C=O) groups excluding carboxylic acids is 1. The van der Waals surface area contributed by atoms with E-state index >= 15 is 0 Å². The molecule has 1 heterocycles.